The van der Waals surface area contributed by atoms with Gasteiger partial charge in [-0.1, -0.05) is 0 Å². The number of amides is 1. The van der Waals surface area contributed by atoms with E-state index in [1.165, 1.54) is 0 Å². The second kappa shape index (κ2) is 4.21. The summed E-state index contributed by atoms with van der Waals surface area (Å²) >= 11 is 0. The van der Waals surface area contributed by atoms with Gasteiger partial charge in [0, 0.05) is 25.3 Å². The Labute approximate surface area is 115 Å². The lowest BCUT2D eigenvalue weighted by molar-refractivity contribution is 0.0754. The number of nitrogens with zero attached hydrogens (tertiary/aromatic N) is 2. The molecule has 2 N–H and O–H groups in total. The summed E-state index contributed by atoms with van der Waals surface area (Å²) in [5.41, 5.74) is 2.06. The van der Waals surface area contributed by atoms with Gasteiger partial charge in [-0.15, -0.1) is 0 Å². The molecule has 3 atom stereocenters. The number of H-pyrrole nitrogens is 1. The highest BCUT2D eigenvalue weighted by Crippen LogP contribution is 2.51. The van der Waals surface area contributed by atoms with Gasteiger partial charge in [-0.05, 0) is 29.9 Å². The molecule has 0 aromatic carbocycles. The van der Waals surface area contributed by atoms with Gasteiger partial charge in [0.05, 0.1) is 18.2 Å². The van der Waals surface area contributed by atoms with Crippen LogP contribution in [0, 0.1) is 17.8 Å². The first-order valence-electron chi connectivity index (χ1n) is 6.76. The summed E-state index contributed by atoms with van der Waals surface area (Å²) in [7, 11) is 0. The van der Waals surface area contributed by atoms with Crippen molar-refractivity contribution in [2.75, 3.05) is 19.7 Å². The van der Waals surface area contributed by atoms with Crippen molar-refractivity contribution in [3.05, 3.63) is 30.4 Å². The smallest absolute Gasteiger partial charge is 0.271 e. The lowest BCUT2D eigenvalue weighted by Crippen LogP contribution is -2.32. The number of aliphatic hydroxyl groups excluding tert-OH is 1. The van der Waals surface area contributed by atoms with Crippen LogP contribution in [0.5, 0.6) is 0 Å². The zero-order valence-electron chi connectivity index (χ0n) is 10.8. The first kappa shape index (κ1) is 11.7. The summed E-state index contributed by atoms with van der Waals surface area (Å²) in [5, 5.41) is 16.1. The molecule has 20 heavy (non-hydrogen) atoms. The third-order valence-electron chi connectivity index (χ3n) is 4.49. The summed E-state index contributed by atoms with van der Waals surface area (Å²) in [6.45, 7) is 1.73. The first-order valence-corrected chi connectivity index (χ1v) is 6.76. The summed E-state index contributed by atoms with van der Waals surface area (Å²) in [5.74, 6) is 1.36. The van der Waals surface area contributed by atoms with E-state index in [1.54, 1.807) is 24.7 Å². The van der Waals surface area contributed by atoms with Gasteiger partial charge in [-0.3, -0.25) is 9.89 Å². The number of piperidine rings is 1. The number of furan rings is 1. The van der Waals surface area contributed by atoms with Crippen molar-refractivity contribution >= 4 is 5.91 Å². The number of aromatic amines is 1. The maximum absolute atomic E-state index is 12.4. The van der Waals surface area contributed by atoms with E-state index in [2.05, 4.69) is 10.2 Å². The van der Waals surface area contributed by atoms with Crippen LogP contribution in [0.25, 0.3) is 11.3 Å². The molecule has 0 spiro atoms. The van der Waals surface area contributed by atoms with Crippen molar-refractivity contribution in [1.82, 2.24) is 15.1 Å². The normalized spacial score (nSPS) is 27.6. The maximum Gasteiger partial charge on any atom is 0.271 e. The van der Waals surface area contributed by atoms with Crippen LogP contribution in [-0.2, 0) is 0 Å². The van der Waals surface area contributed by atoms with E-state index < -0.39 is 0 Å². The van der Waals surface area contributed by atoms with E-state index in [-0.39, 0.29) is 12.5 Å². The Morgan fingerprint density at radius 3 is 2.95 bits per heavy atom. The summed E-state index contributed by atoms with van der Waals surface area (Å²) in [4.78, 5) is 14.2. The second-order valence-corrected chi connectivity index (χ2v) is 5.56. The van der Waals surface area contributed by atoms with Crippen molar-refractivity contribution < 1.29 is 14.3 Å². The molecule has 1 unspecified atom stereocenters. The molecule has 2 aliphatic rings. The lowest BCUT2D eigenvalue weighted by atomic mass is 10.2. The topological polar surface area (TPSA) is 82.4 Å². The van der Waals surface area contributed by atoms with Crippen LogP contribution in [0.3, 0.4) is 0 Å². The molecule has 104 valence electrons. The number of fused-ring (bicyclic) bond motifs is 1. The van der Waals surface area contributed by atoms with Crippen LogP contribution in [0.1, 0.15) is 10.5 Å². The summed E-state index contributed by atoms with van der Waals surface area (Å²) < 4.78 is 5.01. The van der Waals surface area contributed by atoms with E-state index in [0.29, 0.717) is 29.1 Å². The number of aromatic nitrogens is 2. The molecule has 2 aromatic rings. The molecule has 2 fully saturated rings. The lowest BCUT2D eigenvalue weighted by Gasteiger charge is -2.18. The summed E-state index contributed by atoms with van der Waals surface area (Å²) in [6, 6.07) is 3.56. The van der Waals surface area contributed by atoms with Crippen LogP contribution in [-0.4, -0.2) is 45.8 Å². The molecule has 1 aliphatic heterocycles. The second-order valence-electron chi connectivity index (χ2n) is 5.56. The van der Waals surface area contributed by atoms with Gasteiger partial charge in [0.25, 0.3) is 5.91 Å². The molecule has 3 heterocycles. The van der Waals surface area contributed by atoms with Gasteiger partial charge in [-0.25, -0.2) is 0 Å². The molecular formula is C14H15N3O3. The Balaban J connectivity index is 1.48. The van der Waals surface area contributed by atoms with Gasteiger partial charge >= 0.3 is 0 Å². The highest BCUT2D eigenvalue weighted by Gasteiger charge is 2.56. The van der Waals surface area contributed by atoms with Gasteiger partial charge in [0.15, 0.2) is 0 Å². The number of aliphatic hydroxyl groups is 1. The van der Waals surface area contributed by atoms with Gasteiger partial charge in [0.1, 0.15) is 5.69 Å². The summed E-state index contributed by atoms with van der Waals surface area (Å²) in [6.07, 6.45) is 3.18. The van der Waals surface area contributed by atoms with Gasteiger partial charge in [0.2, 0.25) is 0 Å². The SMILES string of the molecule is O=C(c1cc(-c2ccoc2)n[nH]1)N1C[C@@H]2C(CO)[C@@H]2C1. The average Bonchev–Trinajstić information content (AvgIpc) is 3.03. The Morgan fingerprint density at radius 1 is 1.50 bits per heavy atom. The number of nitrogens with one attached hydrogen (secondary N) is 1. The van der Waals surface area contributed by atoms with Crippen molar-refractivity contribution in [3.8, 4) is 11.3 Å². The Morgan fingerprint density at radius 2 is 2.30 bits per heavy atom. The van der Waals surface area contributed by atoms with Crippen LogP contribution < -0.4 is 0 Å². The molecule has 1 saturated carbocycles. The van der Waals surface area contributed by atoms with E-state index in [1.807, 2.05) is 4.90 Å². The predicted molar refractivity (Wildman–Crippen MR) is 69.7 cm³/mol. The molecule has 2 aromatic heterocycles. The van der Waals surface area contributed by atoms with E-state index >= 15 is 0 Å². The van der Waals surface area contributed by atoms with E-state index in [0.717, 1.165) is 18.7 Å². The number of likely N-dealkylation sites (tertiary alicyclic amines) is 1. The quantitative estimate of drug-likeness (QED) is 0.873. The molecule has 6 heteroatoms. The Kier molecular flexibility index (Phi) is 2.47. The molecule has 4 rings (SSSR count). The number of carbonyl (C=O) groups is 1. The highest BCUT2D eigenvalue weighted by molar-refractivity contribution is 5.93. The Bertz CT molecular complexity index is 622. The fourth-order valence-corrected chi connectivity index (χ4v) is 3.25. The standard InChI is InChI=1S/C14H15N3O3/c18-6-11-9-4-17(5-10(9)11)14(19)13-3-12(15-16-13)8-1-2-20-7-8/h1-3,7,9-11,18H,4-6H2,(H,15,16)/t9-,10+,11?. The molecule has 6 nitrogen and oxygen atoms in total. The van der Waals surface area contributed by atoms with Crippen molar-refractivity contribution in [3.63, 3.8) is 0 Å². The minimum atomic E-state index is -0.0175. The number of rotatable bonds is 3. The van der Waals surface area contributed by atoms with Crippen LogP contribution in [0.4, 0.5) is 0 Å². The minimum absolute atomic E-state index is 0.0175. The van der Waals surface area contributed by atoms with E-state index in [9.17, 15) is 4.79 Å². The maximum atomic E-state index is 12.4. The third kappa shape index (κ3) is 1.68. The first-order chi connectivity index (χ1) is 9.78. The molecular weight excluding hydrogens is 258 g/mol. The zero-order chi connectivity index (χ0) is 13.7. The fraction of sp³-hybridized carbons (Fsp3) is 0.429. The monoisotopic (exact) mass is 273 g/mol. The van der Waals surface area contributed by atoms with Crippen molar-refractivity contribution in [2.45, 2.75) is 0 Å². The molecule has 0 radical (unpaired) electrons. The number of hydrogen-bond donors (Lipinski definition) is 2. The van der Waals surface area contributed by atoms with Crippen LogP contribution in [0.2, 0.25) is 0 Å². The molecule has 1 aliphatic carbocycles. The minimum Gasteiger partial charge on any atom is -0.472 e. The number of hydrogen-bond acceptors (Lipinski definition) is 4. The van der Waals surface area contributed by atoms with E-state index in [4.69, 9.17) is 9.52 Å². The van der Waals surface area contributed by atoms with Crippen LogP contribution in [0.15, 0.2) is 29.1 Å². The molecule has 1 amide bonds. The number of carbonyl (C=O) groups excluding carboxylic acids is 1. The molecule has 1 saturated heterocycles. The molecule has 0 bridgehead atoms. The predicted octanol–water partition coefficient (Wildman–Crippen LogP) is 0.980. The van der Waals surface area contributed by atoms with Gasteiger partial charge < -0.3 is 14.4 Å². The largest absolute Gasteiger partial charge is 0.472 e. The Hall–Kier alpha value is -2.08. The average molecular weight is 273 g/mol. The van der Waals surface area contributed by atoms with Gasteiger partial charge in [-0.2, -0.15) is 5.10 Å². The van der Waals surface area contributed by atoms with Crippen molar-refractivity contribution in [1.29, 1.82) is 0 Å². The third-order valence-corrected chi connectivity index (χ3v) is 4.49. The fourth-order valence-electron chi connectivity index (χ4n) is 3.25. The van der Waals surface area contributed by atoms with Crippen molar-refractivity contribution in [2.24, 2.45) is 17.8 Å². The van der Waals surface area contributed by atoms with Crippen LogP contribution >= 0.6 is 0 Å². The zero-order valence-corrected chi connectivity index (χ0v) is 10.8. The highest BCUT2D eigenvalue weighted by atomic mass is 16.3.